The van der Waals surface area contributed by atoms with Crippen LogP contribution >= 0.6 is 0 Å². The molecule has 0 aliphatic rings. The molecule has 88 valence electrons. The summed E-state index contributed by atoms with van der Waals surface area (Å²) in [6.07, 6.45) is -4.10. The van der Waals surface area contributed by atoms with Crippen LogP contribution in [0.4, 0.5) is 18.0 Å². The van der Waals surface area contributed by atoms with E-state index < -0.39 is 23.7 Å². The normalized spacial score (nSPS) is 11.1. The first kappa shape index (κ1) is 12.2. The van der Waals surface area contributed by atoms with E-state index in [0.29, 0.717) is 0 Å². The van der Waals surface area contributed by atoms with Gasteiger partial charge in [0, 0.05) is 14.1 Å². The first-order chi connectivity index (χ1) is 7.32. The molecule has 0 N–H and O–H groups in total. The molecule has 1 aromatic heterocycles. The Morgan fingerprint density at radius 2 is 2.06 bits per heavy atom. The molecule has 0 fully saturated rings. The van der Waals surface area contributed by atoms with Gasteiger partial charge in [0.25, 0.3) is 0 Å². The second-order valence-corrected chi connectivity index (χ2v) is 3.00. The zero-order valence-corrected chi connectivity index (χ0v) is 8.45. The summed E-state index contributed by atoms with van der Waals surface area (Å²) in [4.78, 5) is 18.5. The van der Waals surface area contributed by atoms with Crippen molar-refractivity contribution in [3.05, 3.63) is 18.2 Å². The second kappa shape index (κ2) is 4.33. The zero-order chi connectivity index (χ0) is 12.3. The van der Waals surface area contributed by atoms with Crippen molar-refractivity contribution in [2.24, 2.45) is 0 Å². The van der Waals surface area contributed by atoms with Crippen molar-refractivity contribution in [1.82, 2.24) is 14.9 Å². The Hall–Kier alpha value is -1.86. The van der Waals surface area contributed by atoms with Crippen LogP contribution in [0.15, 0.2) is 12.5 Å². The molecule has 0 unspecified atom stereocenters. The maximum Gasteiger partial charge on any atom is 0.437 e. The maximum atomic E-state index is 12.4. The van der Waals surface area contributed by atoms with E-state index in [0.717, 1.165) is 17.4 Å². The van der Waals surface area contributed by atoms with Crippen LogP contribution in [0.2, 0.25) is 0 Å². The molecule has 0 saturated heterocycles. The molecule has 0 aliphatic heterocycles. The van der Waals surface area contributed by atoms with E-state index in [1.165, 1.54) is 14.1 Å². The zero-order valence-electron chi connectivity index (χ0n) is 8.45. The van der Waals surface area contributed by atoms with Crippen molar-refractivity contribution < 1.29 is 22.7 Å². The lowest BCUT2D eigenvalue weighted by Crippen LogP contribution is -2.26. The highest BCUT2D eigenvalue weighted by Gasteiger charge is 2.37. The fourth-order valence-corrected chi connectivity index (χ4v) is 0.790. The van der Waals surface area contributed by atoms with Crippen molar-refractivity contribution in [2.45, 2.75) is 6.18 Å². The van der Waals surface area contributed by atoms with Crippen LogP contribution in [-0.4, -0.2) is 35.1 Å². The fourth-order valence-electron chi connectivity index (χ4n) is 0.790. The molecule has 0 radical (unpaired) electrons. The lowest BCUT2D eigenvalue weighted by atomic mass is 10.3. The van der Waals surface area contributed by atoms with Gasteiger partial charge < -0.3 is 9.64 Å². The standard InChI is InChI=1S/C8H8F3N3O2/c1-14(2)7(15)16-5-3-12-4-13-6(5)8(9,10)11/h3-4H,1-2H3. The van der Waals surface area contributed by atoms with Crippen molar-refractivity contribution in [1.29, 1.82) is 0 Å². The molecule has 1 rings (SSSR count). The molecule has 5 nitrogen and oxygen atoms in total. The topological polar surface area (TPSA) is 55.3 Å². The van der Waals surface area contributed by atoms with Gasteiger partial charge in [0.2, 0.25) is 0 Å². The van der Waals surface area contributed by atoms with E-state index in [9.17, 15) is 18.0 Å². The summed E-state index contributed by atoms with van der Waals surface area (Å²) >= 11 is 0. The van der Waals surface area contributed by atoms with Crippen LogP contribution < -0.4 is 4.74 Å². The van der Waals surface area contributed by atoms with Crippen LogP contribution in [-0.2, 0) is 6.18 Å². The molecule has 0 aromatic carbocycles. The van der Waals surface area contributed by atoms with E-state index in [4.69, 9.17) is 0 Å². The van der Waals surface area contributed by atoms with Gasteiger partial charge in [-0.3, -0.25) is 0 Å². The van der Waals surface area contributed by atoms with Crippen molar-refractivity contribution in [2.75, 3.05) is 14.1 Å². The number of ether oxygens (including phenoxy) is 1. The first-order valence-corrected chi connectivity index (χ1v) is 4.08. The van der Waals surface area contributed by atoms with E-state index in [2.05, 4.69) is 14.7 Å². The van der Waals surface area contributed by atoms with E-state index in [-0.39, 0.29) is 0 Å². The number of nitrogens with zero attached hydrogens (tertiary/aromatic N) is 3. The molecule has 0 saturated carbocycles. The molecule has 1 aromatic rings. The Morgan fingerprint density at radius 3 is 2.56 bits per heavy atom. The summed E-state index contributed by atoms with van der Waals surface area (Å²) in [5.41, 5.74) is -1.28. The monoisotopic (exact) mass is 235 g/mol. The van der Waals surface area contributed by atoms with Crippen molar-refractivity contribution in [3.8, 4) is 5.75 Å². The minimum atomic E-state index is -4.69. The number of alkyl halides is 3. The average molecular weight is 235 g/mol. The molecule has 1 heterocycles. The van der Waals surface area contributed by atoms with Crippen LogP contribution in [0.25, 0.3) is 0 Å². The number of hydrogen-bond acceptors (Lipinski definition) is 4. The SMILES string of the molecule is CN(C)C(=O)Oc1cncnc1C(F)(F)F. The summed E-state index contributed by atoms with van der Waals surface area (Å²) in [6.45, 7) is 0. The number of aromatic nitrogens is 2. The van der Waals surface area contributed by atoms with Gasteiger partial charge in [0.1, 0.15) is 6.33 Å². The number of carbonyl (C=O) groups is 1. The fraction of sp³-hybridized carbons (Fsp3) is 0.375. The van der Waals surface area contributed by atoms with Crippen LogP contribution in [0, 0.1) is 0 Å². The quantitative estimate of drug-likeness (QED) is 0.741. The van der Waals surface area contributed by atoms with E-state index in [1.807, 2.05) is 0 Å². The largest absolute Gasteiger partial charge is 0.437 e. The molecule has 0 bridgehead atoms. The second-order valence-electron chi connectivity index (χ2n) is 3.00. The van der Waals surface area contributed by atoms with Gasteiger partial charge in [-0.25, -0.2) is 14.8 Å². The minimum Gasteiger partial charge on any atom is -0.406 e. The predicted molar refractivity (Wildman–Crippen MR) is 46.7 cm³/mol. The molecule has 8 heteroatoms. The Labute approximate surface area is 88.9 Å². The lowest BCUT2D eigenvalue weighted by Gasteiger charge is -2.13. The maximum absolute atomic E-state index is 12.4. The number of amides is 1. The lowest BCUT2D eigenvalue weighted by molar-refractivity contribution is -0.142. The average Bonchev–Trinajstić information content (AvgIpc) is 2.16. The van der Waals surface area contributed by atoms with E-state index in [1.54, 1.807) is 0 Å². The molecule has 1 amide bonds. The van der Waals surface area contributed by atoms with Gasteiger partial charge in [-0.1, -0.05) is 0 Å². The third-order valence-electron chi connectivity index (χ3n) is 1.51. The summed E-state index contributed by atoms with van der Waals surface area (Å²) in [5.74, 6) is -0.714. The molecular weight excluding hydrogens is 227 g/mol. The van der Waals surface area contributed by atoms with Gasteiger partial charge in [0.15, 0.2) is 11.4 Å². The van der Waals surface area contributed by atoms with Crippen LogP contribution in [0.5, 0.6) is 5.75 Å². The molecule has 0 spiro atoms. The van der Waals surface area contributed by atoms with Gasteiger partial charge in [-0.2, -0.15) is 13.2 Å². The number of carbonyl (C=O) groups excluding carboxylic acids is 1. The first-order valence-electron chi connectivity index (χ1n) is 4.08. The summed E-state index contributed by atoms with van der Waals surface area (Å²) in [5, 5.41) is 0. The van der Waals surface area contributed by atoms with Crippen molar-refractivity contribution >= 4 is 6.09 Å². The van der Waals surface area contributed by atoms with Crippen molar-refractivity contribution in [3.63, 3.8) is 0 Å². The molecular formula is C8H8F3N3O2. The third kappa shape index (κ3) is 2.81. The molecule has 16 heavy (non-hydrogen) atoms. The summed E-state index contributed by atoms with van der Waals surface area (Å²) < 4.78 is 41.7. The molecule has 0 aliphatic carbocycles. The van der Waals surface area contributed by atoms with E-state index >= 15 is 0 Å². The Kier molecular flexibility index (Phi) is 3.31. The minimum absolute atomic E-state index is 0.714. The van der Waals surface area contributed by atoms with Crippen LogP contribution in [0.3, 0.4) is 0 Å². The highest BCUT2D eigenvalue weighted by atomic mass is 19.4. The number of rotatable bonds is 1. The van der Waals surface area contributed by atoms with Gasteiger partial charge in [-0.15, -0.1) is 0 Å². The van der Waals surface area contributed by atoms with Gasteiger partial charge in [0.05, 0.1) is 6.20 Å². The number of halogens is 3. The van der Waals surface area contributed by atoms with Gasteiger partial charge >= 0.3 is 12.3 Å². The third-order valence-corrected chi connectivity index (χ3v) is 1.51. The highest BCUT2D eigenvalue weighted by Crippen LogP contribution is 2.33. The van der Waals surface area contributed by atoms with Gasteiger partial charge in [-0.05, 0) is 0 Å². The predicted octanol–water partition coefficient (Wildman–Crippen LogP) is 1.56. The summed E-state index contributed by atoms with van der Waals surface area (Å²) in [7, 11) is 2.69. The highest BCUT2D eigenvalue weighted by molar-refractivity contribution is 5.70. The Bertz CT molecular complexity index is 392. The Morgan fingerprint density at radius 1 is 1.44 bits per heavy atom. The number of hydrogen-bond donors (Lipinski definition) is 0. The summed E-state index contributed by atoms with van der Waals surface area (Å²) in [6, 6.07) is 0. The molecule has 0 atom stereocenters. The Balaban J connectivity index is 3.01. The smallest absolute Gasteiger partial charge is 0.406 e. The van der Waals surface area contributed by atoms with Crippen LogP contribution in [0.1, 0.15) is 5.69 Å².